The Labute approximate surface area is 129 Å². The van der Waals surface area contributed by atoms with Gasteiger partial charge in [0.25, 0.3) is 0 Å². The number of hydrogen-bond donors (Lipinski definition) is 1. The van der Waals surface area contributed by atoms with Gasteiger partial charge in [0.2, 0.25) is 10.0 Å². The lowest BCUT2D eigenvalue weighted by Crippen LogP contribution is -2.28. The molecule has 5 heteroatoms. The summed E-state index contributed by atoms with van der Waals surface area (Å²) < 4.78 is 41.1. The smallest absolute Gasteiger partial charge is 0.207 e. The largest absolute Gasteiger partial charge is 0.241 e. The van der Waals surface area contributed by atoms with Crippen LogP contribution in [0.2, 0.25) is 0 Å². The summed E-state index contributed by atoms with van der Waals surface area (Å²) in [4.78, 5) is 0.204. The van der Waals surface area contributed by atoms with Crippen LogP contribution < -0.4 is 4.72 Å². The number of aryl methyl sites for hydroxylation is 1. The third kappa shape index (κ3) is 2.69. The second-order valence-electron chi connectivity index (χ2n) is 5.53. The fourth-order valence-corrected chi connectivity index (χ4v) is 3.85. The normalized spacial score (nSPS) is 17.2. The van der Waals surface area contributed by atoms with Gasteiger partial charge in [-0.3, -0.25) is 0 Å². The molecule has 0 fully saturated rings. The average molecular weight is 317 g/mol. The van der Waals surface area contributed by atoms with Crippen LogP contribution in [-0.2, 0) is 10.0 Å². The Hall–Kier alpha value is -1.98. The molecule has 3 rings (SSSR count). The van der Waals surface area contributed by atoms with Crippen LogP contribution in [0.25, 0.3) is 6.08 Å². The molecule has 0 saturated heterocycles. The molecule has 0 radical (unpaired) electrons. The number of halogens is 1. The molecular weight excluding hydrogens is 301 g/mol. The number of hydrogen-bond acceptors (Lipinski definition) is 2. The lowest BCUT2D eigenvalue weighted by molar-refractivity contribution is 0.570. The molecular formula is C17H16FNO2S. The lowest BCUT2D eigenvalue weighted by atomic mass is 10.1. The maximum absolute atomic E-state index is 13.5. The lowest BCUT2D eigenvalue weighted by Gasteiger charge is -2.17. The summed E-state index contributed by atoms with van der Waals surface area (Å²) in [7, 11) is -3.66. The van der Waals surface area contributed by atoms with E-state index in [1.807, 2.05) is 19.9 Å². The van der Waals surface area contributed by atoms with E-state index >= 15 is 0 Å². The maximum Gasteiger partial charge on any atom is 0.241 e. The molecule has 2 aromatic rings. The minimum absolute atomic E-state index is 0.204. The molecule has 114 valence electrons. The summed E-state index contributed by atoms with van der Waals surface area (Å²) in [6.45, 7) is 3.73. The second-order valence-corrected chi connectivity index (χ2v) is 7.24. The van der Waals surface area contributed by atoms with Crippen molar-refractivity contribution in [2.24, 2.45) is 0 Å². The summed E-state index contributed by atoms with van der Waals surface area (Å²) in [5.74, 6) is -0.374. The molecule has 1 atom stereocenters. The fraction of sp³-hybridized carbons (Fsp3) is 0.176. The molecule has 3 nitrogen and oxygen atoms in total. The molecule has 0 aliphatic heterocycles. The zero-order valence-corrected chi connectivity index (χ0v) is 13.1. The second kappa shape index (κ2) is 5.34. The maximum atomic E-state index is 13.5. The van der Waals surface area contributed by atoms with E-state index in [0.717, 1.165) is 16.7 Å². The monoisotopic (exact) mass is 317 g/mol. The minimum atomic E-state index is -3.66. The van der Waals surface area contributed by atoms with E-state index in [-0.39, 0.29) is 10.7 Å². The molecule has 2 aromatic carbocycles. The Kier molecular flexibility index (Phi) is 3.62. The molecule has 1 aliphatic carbocycles. The van der Waals surface area contributed by atoms with Gasteiger partial charge in [-0.2, -0.15) is 4.72 Å². The van der Waals surface area contributed by atoms with Gasteiger partial charge in [-0.05, 0) is 49.2 Å². The summed E-state index contributed by atoms with van der Waals surface area (Å²) in [5, 5.41) is 0. The van der Waals surface area contributed by atoms with E-state index in [1.54, 1.807) is 30.3 Å². The van der Waals surface area contributed by atoms with Gasteiger partial charge < -0.3 is 0 Å². The zero-order valence-electron chi connectivity index (χ0n) is 12.3. The van der Waals surface area contributed by atoms with Crippen molar-refractivity contribution in [1.29, 1.82) is 0 Å². The molecule has 0 aromatic heterocycles. The molecule has 0 spiro atoms. The average Bonchev–Trinajstić information content (AvgIpc) is 2.75. The summed E-state index contributed by atoms with van der Waals surface area (Å²) >= 11 is 0. The molecule has 1 aliphatic rings. The Morgan fingerprint density at radius 1 is 1.05 bits per heavy atom. The fourth-order valence-electron chi connectivity index (χ4n) is 2.60. The van der Waals surface area contributed by atoms with Crippen LogP contribution in [0.4, 0.5) is 4.39 Å². The first-order chi connectivity index (χ1) is 10.4. The Balaban J connectivity index is 1.95. The highest BCUT2D eigenvalue weighted by molar-refractivity contribution is 7.89. The SMILES string of the molecule is CC1=Cc2ccc(F)cc2C1NS(=O)(=O)c1ccc(C)cc1. The van der Waals surface area contributed by atoms with Crippen LogP contribution >= 0.6 is 0 Å². The predicted octanol–water partition coefficient (Wildman–Crippen LogP) is 3.57. The molecule has 0 bridgehead atoms. The van der Waals surface area contributed by atoms with Crippen molar-refractivity contribution in [2.75, 3.05) is 0 Å². The number of benzene rings is 2. The van der Waals surface area contributed by atoms with Crippen LogP contribution in [0.3, 0.4) is 0 Å². The van der Waals surface area contributed by atoms with E-state index in [2.05, 4.69) is 4.72 Å². The first-order valence-corrected chi connectivity index (χ1v) is 8.42. The van der Waals surface area contributed by atoms with Crippen LogP contribution in [0, 0.1) is 12.7 Å². The van der Waals surface area contributed by atoms with Crippen molar-refractivity contribution in [3.63, 3.8) is 0 Å². The molecule has 0 amide bonds. The first-order valence-electron chi connectivity index (χ1n) is 6.93. The summed E-state index contributed by atoms with van der Waals surface area (Å²) in [6, 6.07) is 10.5. The number of sulfonamides is 1. The van der Waals surface area contributed by atoms with Crippen LogP contribution in [0.5, 0.6) is 0 Å². The number of nitrogens with one attached hydrogen (secondary N) is 1. The Morgan fingerprint density at radius 3 is 2.41 bits per heavy atom. The van der Waals surface area contributed by atoms with Crippen molar-refractivity contribution in [3.05, 3.63) is 70.5 Å². The molecule has 0 heterocycles. The molecule has 0 saturated carbocycles. The first kappa shape index (κ1) is 14.9. The van der Waals surface area contributed by atoms with Gasteiger partial charge in [0.05, 0.1) is 10.9 Å². The highest BCUT2D eigenvalue weighted by Gasteiger charge is 2.28. The topological polar surface area (TPSA) is 46.2 Å². The van der Waals surface area contributed by atoms with Crippen molar-refractivity contribution in [2.45, 2.75) is 24.8 Å². The van der Waals surface area contributed by atoms with Crippen molar-refractivity contribution in [3.8, 4) is 0 Å². The molecule has 22 heavy (non-hydrogen) atoms. The summed E-state index contributed by atoms with van der Waals surface area (Å²) in [6.07, 6.45) is 1.87. The zero-order chi connectivity index (χ0) is 15.9. The van der Waals surface area contributed by atoms with Gasteiger partial charge in [-0.15, -0.1) is 0 Å². The van der Waals surface area contributed by atoms with Gasteiger partial charge in [0.15, 0.2) is 0 Å². The van der Waals surface area contributed by atoms with Gasteiger partial charge in [-0.25, -0.2) is 12.8 Å². The molecule has 1 N–H and O–H groups in total. The third-order valence-corrected chi connectivity index (χ3v) is 5.24. The van der Waals surface area contributed by atoms with E-state index < -0.39 is 16.1 Å². The molecule has 1 unspecified atom stereocenters. The van der Waals surface area contributed by atoms with E-state index in [4.69, 9.17) is 0 Å². The van der Waals surface area contributed by atoms with Gasteiger partial charge in [0.1, 0.15) is 5.82 Å². The van der Waals surface area contributed by atoms with Crippen molar-refractivity contribution >= 4 is 16.1 Å². The number of fused-ring (bicyclic) bond motifs is 1. The van der Waals surface area contributed by atoms with Crippen LogP contribution in [0.1, 0.15) is 29.7 Å². The van der Waals surface area contributed by atoms with Gasteiger partial charge >= 0.3 is 0 Å². The summed E-state index contributed by atoms with van der Waals surface area (Å²) in [5.41, 5.74) is 3.32. The van der Waals surface area contributed by atoms with Crippen molar-refractivity contribution < 1.29 is 12.8 Å². The minimum Gasteiger partial charge on any atom is -0.207 e. The van der Waals surface area contributed by atoms with Gasteiger partial charge in [0, 0.05) is 0 Å². The van der Waals surface area contributed by atoms with Crippen molar-refractivity contribution in [1.82, 2.24) is 4.72 Å². The quantitative estimate of drug-likeness (QED) is 0.940. The van der Waals surface area contributed by atoms with Gasteiger partial charge in [-0.1, -0.05) is 35.4 Å². The Morgan fingerprint density at radius 2 is 1.73 bits per heavy atom. The third-order valence-electron chi connectivity index (χ3n) is 3.80. The van der Waals surface area contributed by atoms with E-state index in [0.29, 0.717) is 5.56 Å². The highest BCUT2D eigenvalue weighted by Crippen LogP contribution is 2.35. The Bertz CT molecular complexity index is 855. The van der Waals surface area contributed by atoms with E-state index in [1.165, 1.54) is 12.1 Å². The predicted molar refractivity (Wildman–Crippen MR) is 84.3 cm³/mol. The standard InChI is InChI=1S/C17H16FNO2S/c1-11-3-7-15(8-4-11)22(20,21)19-17-12(2)9-13-5-6-14(18)10-16(13)17/h3-10,17,19H,1-2H3. The number of rotatable bonds is 3. The highest BCUT2D eigenvalue weighted by atomic mass is 32.2. The van der Waals surface area contributed by atoms with Crippen LogP contribution in [-0.4, -0.2) is 8.42 Å². The van der Waals surface area contributed by atoms with E-state index in [9.17, 15) is 12.8 Å². The van der Waals surface area contributed by atoms with Crippen LogP contribution in [0.15, 0.2) is 52.9 Å².